The number of nitrogens with zero attached hydrogens (tertiary/aromatic N) is 2. The predicted octanol–water partition coefficient (Wildman–Crippen LogP) is 3.36. The first-order valence-electron chi connectivity index (χ1n) is 14.1. The minimum Gasteiger partial charge on any atom is -0.466 e. The number of hydrogen-bond donors (Lipinski definition) is 1. The van der Waals surface area contributed by atoms with Gasteiger partial charge in [-0.3, -0.25) is 14.4 Å². The van der Waals surface area contributed by atoms with E-state index in [9.17, 15) is 19.5 Å². The Kier molecular flexibility index (Phi) is 7.84. The molecule has 0 aliphatic carbocycles. The van der Waals surface area contributed by atoms with Gasteiger partial charge >= 0.3 is 5.97 Å². The Morgan fingerprint density at radius 2 is 1.90 bits per heavy atom. The molecule has 3 aliphatic rings. The number of rotatable bonds is 10. The molecule has 3 fully saturated rings. The Labute approximate surface area is 235 Å². The number of anilines is 1. The number of benzene rings is 2. The van der Waals surface area contributed by atoms with Gasteiger partial charge in [0.2, 0.25) is 5.91 Å². The summed E-state index contributed by atoms with van der Waals surface area (Å²) in [5.41, 5.74) is 2.35. The molecule has 2 amide bonds. The lowest BCUT2D eigenvalue weighted by Gasteiger charge is -2.40. The molecule has 212 valence electrons. The van der Waals surface area contributed by atoms with Crippen LogP contribution in [0.3, 0.4) is 0 Å². The van der Waals surface area contributed by atoms with Crippen LogP contribution in [0.4, 0.5) is 5.69 Å². The molecule has 2 bridgehead atoms. The molecule has 0 radical (unpaired) electrons. The first-order chi connectivity index (χ1) is 19.3. The molecule has 1 spiro atoms. The number of para-hydroxylation sites is 1. The SMILES string of the molecule is C=CCN(C(=O)[C@@H]1N([C@@H](CO)Cc2ccccc2)C(=O)[C@H]2[C@H](C(=O)OCC)[C@@H]3CC[C@]12O3)c1c(C)cccc1C. The van der Waals surface area contributed by atoms with Crippen molar-refractivity contribution in [1.29, 1.82) is 0 Å². The summed E-state index contributed by atoms with van der Waals surface area (Å²) in [7, 11) is 0. The van der Waals surface area contributed by atoms with Crippen molar-refractivity contribution in [3.8, 4) is 0 Å². The van der Waals surface area contributed by atoms with E-state index in [1.54, 1.807) is 17.9 Å². The maximum absolute atomic E-state index is 14.8. The Morgan fingerprint density at radius 3 is 2.52 bits per heavy atom. The monoisotopic (exact) mass is 546 g/mol. The summed E-state index contributed by atoms with van der Waals surface area (Å²) in [6.07, 6.45) is 2.56. The van der Waals surface area contributed by atoms with Crippen LogP contribution >= 0.6 is 0 Å². The highest BCUT2D eigenvalue weighted by Crippen LogP contribution is 2.59. The van der Waals surface area contributed by atoms with Crippen LogP contribution < -0.4 is 4.90 Å². The van der Waals surface area contributed by atoms with Gasteiger partial charge in [0.15, 0.2) is 0 Å². The van der Waals surface area contributed by atoms with Crippen molar-refractivity contribution in [1.82, 2.24) is 4.90 Å². The fourth-order valence-corrected chi connectivity index (χ4v) is 7.21. The normalized spacial score (nSPS) is 27.4. The standard InChI is InChI=1S/C32H38N2O6/c1-5-17-33(27-20(3)11-10-12-21(27)4)30(37)28-32-16-15-24(40-32)25(31(38)39-6-2)26(32)29(36)34(28)23(19-35)18-22-13-8-7-9-14-22/h5,7-14,23-26,28,35H,1,6,15-19H2,2-4H3/t23-,24+,25-,26-,28+,32-/m1/s1. The molecule has 3 aliphatic heterocycles. The molecule has 6 atom stereocenters. The van der Waals surface area contributed by atoms with Crippen LogP contribution in [0, 0.1) is 25.7 Å². The fourth-order valence-electron chi connectivity index (χ4n) is 7.21. The molecule has 0 saturated carbocycles. The zero-order valence-electron chi connectivity index (χ0n) is 23.4. The molecule has 2 aromatic carbocycles. The average Bonchev–Trinajstić information content (AvgIpc) is 3.59. The third kappa shape index (κ3) is 4.43. The molecule has 1 N–H and O–H groups in total. The smallest absolute Gasteiger partial charge is 0.312 e. The van der Waals surface area contributed by atoms with Crippen LogP contribution in [0.1, 0.15) is 36.5 Å². The number of fused-ring (bicyclic) bond motifs is 1. The van der Waals surface area contributed by atoms with E-state index in [4.69, 9.17) is 9.47 Å². The molecule has 40 heavy (non-hydrogen) atoms. The second kappa shape index (κ2) is 11.2. The zero-order valence-corrected chi connectivity index (χ0v) is 23.4. The largest absolute Gasteiger partial charge is 0.466 e. The number of hydrogen-bond acceptors (Lipinski definition) is 6. The van der Waals surface area contributed by atoms with E-state index >= 15 is 0 Å². The number of carbonyl (C=O) groups excluding carboxylic acids is 3. The summed E-state index contributed by atoms with van der Waals surface area (Å²) in [5.74, 6) is -2.75. The van der Waals surface area contributed by atoms with E-state index in [2.05, 4.69) is 6.58 Å². The third-order valence-corrected chi connectivity index (χ3v) is 8.74. The lowest BCUT2D eigenvalue weighted by Crippen LogP contribution is -2.59. The van der Waals surface area contributed by atoms with Crippen molar-refractivity contribution in [3.63, 3.8) is 0 Å². The molecular weight excluding hydrogens is 508 g/mol. The topological polar surface area (TPSA) is 96.4 Å². The second-order valence-electron chi connectivity index (χ2n) is 11.1. The van der Waals surface area contributed by atoms with E-state index in [1.165, 1.54) is 4.90 Å². The molecule has 3 saturated heterocycles. The summed E-state index contributed by atoms with van der Waals surface area (Å²) >= 11 is 0. The van der Waals surface area contributed by atoms with Crippen LogP contribution in [0.2, 0.25) is 0 Å². The lowest BCUT2D eigenvalue weighted by molar-refractivity contribution is -0.155. The highest BCUT2D eigenvalue weighted by Gasteiger charge is 2.75. The minimum absolute atomic E-state index is 0.189. The first kappa shape index (κ1) is 28.1. The van der Waals surface area contributed by atoms with Crippen molar-refractivity contribution < 1.29 is 29.0 Å². The van der Waals surface area contributed by atoms with Gasteiger partial charge < -0.3 is 24.4 Å². The van der Waals surface area contributed by atoms with E-state index in [-0.39, 0.29) is 31.6 Å². The average molecular weight is 547 g/mol. The van der Waals surface area contributed by atoms with Crippen LogP contribution in [0.25, 0.3) is 0 Å². The molecular formula is C32H38N2O6. The van der Waals surface area contributed by atoms with Crippen LogP contribution in [0.15, 0.2) is 61.2 Å². The predicted molar refractivity (Wildman–Crippen MR) is 151 cm³/mol. The number of ether oxygens (including phenoxy) is 2. The molecule has 8 heteroatoms. The van der Waals surface area contributed by atoms with E-state index < -0.39 is 41.6 Å². The van der Waals surface area contributed by atoms with Gasteiger partial charge in [-0.2, -0.15) is 0 Å². The third-order valence-electron chi connectivity index (χ3n) is 8.74. The summed E-state index contributed by atoms with van der Waals surface area (Å²) in [6.45, 7) is 9.61. The number of aliphatic hydroxyl groups is 1. The van der Waals surface area contributed by atoms with Gasteiger partial charge in [0.25, 0.3) is 5.91 Å². The summed E-state index contributed by atoms with van der Waals surface area (Å²) in [4.78, 5) is 45.5. The van der Waals surface area contributed by atoms with Gasteiger partial charge in [0, 0.05) is 12.2 Å². The number of aryl methyl sites for hydroxylation is 2. The highest BCUT2D eigenvalue weighted by atomic mass is 16.6. The first-order valence-corrected chi connectivity index (χ1v) is 14.1. The fraction of sp³-hybridized carbons (Fsp3) is 0.469. The number of likely N-dealkylation sites (tertiary alicyclic amines) is 1. The Balaban J connectivity index is 1.63. The Bertz CT molecular complexity index is 1280. The number of carbonyl (C=O) groups is 3. The maximum Gasteiger partial charge on any atom is 0.312 e. The lowest BCUT2D eigenvalue weighted by atomic mass is 9.70. The van der Waals surface area contributed by atoms with E-state index in [0.29, 0.717) is 19.3 Å². The molecule has 3 heterocycles. The quantitative estimate of drug-likeness (QED) is 0.363. The summed E-state index contributed by atoms with van der Waals surface area (Å²) in [6, 6.07) is 13.7. The molecule has 0 aromatic heterocycles. The van der Waals surface area contributed by atoms with E-state index in [0.717, 1.165) is 22.4 Å². The van der Waals surface area contributed by atoms with Crippen molar-refractivity contribution in [2.75, 3.05) is 24.7 Å². The summed E-state index contributed by atoms with van der Waals surface area (Å²) in [5, 5.41) is 10.6. The van der Waals surface area contributed by atoms with Gasteiger partial charge in [0.05, 0.1) is 37.2 Å². The molecule has 8 nitrogen and oxygen atoms in total. The number of aliphatic hydroxyl groups excluding tert-OH is 1. The van der Waals surface area contributed by atoms with Gasteiger partial charge in [-0.25, -0.2) is 0 Å². The van der Waals surface area contributed by atoms with Gasteiger partial charge in [-0.1, -0.05) is 54.6 Å². The van der Waals surface area contributed by atoms with Gasteiger partial charge in [0.1, 0.15) is 11.6 Å². The molecule has 0 unspecified atom stereocenters. The molecule has 5 rings (SSSR count). The highest BCUT2D eigenvalue weighted by molar-refractivity contribution is 6.05. The zero-order chi connectivity index (χ0) is 28.6. The minimum atomic E-state index is -1.18. The van der Waals surface area contributed by atoms with Crippen molar-refractivity contribution in [2.24, 2.45) is 11.8 Å². The van der Waals surface area contributed by atoms with Gasteiger partial charge in [-0.05, 0) is 56.7 Å². The van der Waals surface area contributed by atoms with Gasteiger partial charge in [-0.15, -0.1) is 6.58 Å². The Morgan fingerprint density at radius 1 is 1.20 bits per heavy atom. The number of esters is 1. The second-order valence-corrected chi connectivity index (χ2v) is 11.1. The Hall–Kier alpha value is -3.49. The van der Waals surface area contributed by atoms with Crippen molar-refractivity contribution >= 4 is 23.5 Å². The van der Waals surface area contributed by atoms with E-state index in [1.807, 2.05) is 62.4 Å². The summed E-state index contributed by atoms with van der Waals surface area (Å²) < 4.78 is 11.9. The number of amides is 2. The van der Waals surface area contributed by atoms with Crippen LogP contribution in [-0.4, -0.2) is 71.3 Å². The van der Waals surface area contributed by atoms with Crippen molar-refractivity contribution in [2.45, 2.75) is 63.8 Å². The van der Waals surface area contributed by atoms with Crippen LogP contribution in [0.5, 0.6) is 0 Å². The van der Waals surface area contributed by atoms with Crippen LogP contribution in [-0.2, 0) is 30.3 Å². The molecule has 2 aromatic rings. The maximum atomic E-state index is 14.8. The van der Waals surface area contributed by atoms with Crippen molar-refractivity contribution in [3.05, 3.63) is 77.9 Å².